The fraction of sp³-hybridized carbons (Fsp3) is 0.455. The molecule has 2 aliphatic rings. The molecule has 0 aliphatic heterocycles. The second-order valence-electron chi connectivity index (χ2n) is 7.57. The van der Waals surface area contributed by atoms with Crippen LogP contribution in [0.1, 0.15) is 59.7 Å². The summed E-state index contributed by atoms with van der Waals surface area (Å²) in [6.07, 6.45) is 8.99. The van der Waals surface area contributed by atoms with Gasteiger partial charge in [-0.15, -0.1) is 11.3 Å². The third-order valence-corrected chi connectivity index (χ3v) is 6.85. The molecule has 1 aromatic heterocycles. The summed E-state index contributed by atoms with van der Waals surface area (Å²) in [5.74, 6) is -0.0941. The zero-order chi connectivity index (χ0) is 18.8. The summed E-state index contributed by atoms with van der Waals surface area (Å²) in [7, 11) is 0. The fourth-order valence-corrected chi connectivity index (χ4v) is 5.39. The van der Waals surface area contributed by atoms with Gasteiger partial charge in [0.1, 0.15) is 17.1 Å². The number of nitrogens with zero attached hydrogens (tertiary/aromatic N) is 1. The molecule has 0 saturated carbocycles. The normalized spacial score (nSPS) is 16.6. The number of amides is 1. The highest BCUT2D eigenvalue weighted by molar-refractivity contribution is 7.16. The highest BCUT2D eigenvalue weighted by atomic mass is 32.1. The number of benzene rings is 1. The molecular formula is C22H25N3OS. The van der Waals surface area contributed by atoms with Crippen LogP contribution in [0, 0.1) is 11.3 Å². The van der Waals surface area contributed by atoms with Crippen LogP contribution in [-0.4, -0.2) is 11.9 Å². The van der Waals surface area contributed by atoms with Crippen LogP contribution in [0.3, 0.4) is 0 Å². The van der Waals surface area contributed by atoms with Crippen LogP contribution < -0.4 is 10.6 Å². The number of hydrogen-bond acceptors (Lipinski definition) is 4. The quantitative estimate of drug-likeness (QED) is 0.749. The Balaban J connectivity index is 1.46. The van der Waals surface area contributed by atoms with E-state index in [9.17, 15) is 10.1 Å². The summed E-state index contributed by atoms with van der Waals surface area (Å²) < 4.78 is 0. The van der Waals surface area contributed by atoms with Crippen LogP contribution in [0.15, 0.2) is 18.2 Å². The van der Waals surface area contributed by atoms with Crippen molar-refractivity contribution in [1.29, 1.82) is 5.26 Å². The minimum atomic E-state index is -0.363. The van der Waals surface area contributed by atoms with Crippen molar-refractivity contribution in [2.45, 2.75) is 64.3 Å². The maximum absolute atomic E-state index is 12.7. The molecule has 0 bridgehead atoms. The standard InChI is InChI=1S/C22H25N3OS/c1-14(24-17-11-10-15-6-5-7-16(15)12-17)21(26)25-22-19(13-23)18-8-3-2-4-9-20(18)27-22/h10-12,14,24H,2-9H2,1H3,(H,25,26). The molecule has 1 atom stereocenters. The Labute approximate surface area is 164 Å². The van der Waals surface area contributed by atoms with E-state index in [1.165, 1.54) is 35.3 Å². The summed E-state index contributed by atoms with van der Waals surface area (Å²) in [4.78, 5) is 14.0. The van der Waals surface area contributed by atoms with Gasteiger partial charge >= 0.3 is 0 Å². The van der Waals surface area contributed by atoms with Gasteiger partial charge in [-0.2, -0.15) is 5.26 Å². The molecule has 0 spiro atoms. The highest BCUT2D eigenvalue weighted by Gasteiger charge is 2.23. The molecule has 2 aromatic rings. The molecule has 2 aliphatic carbocycles. The van der Waals surface area contributed by atoms with E-state index in [4.69, 9.17) is 0 Å². The maximum Gasteiger partial charge on any atom is 0.247 e. The van der Waals surface area contributed by atoms with E-state index in [0.29, 0.717) is 5.56 Å². The number of rotatable bonds is 4. The smallest absolute Gasteiger partial charge is 0.247 e. The van der Waals surface area contributed by atoms with Crippen molar-refractivity contribution >= 4 is 27.9 Å². The van der Waals surface area contributed by atoms with Crippen LogP contribution in [0.2, 0.25) is 0 Å². The van der Waals surface area contributed by atoms with Crippen molar-refractivity contribution < 1.29 is 4.79 Å². The first kappa shape index (κ1) is 18.1. The van der Waals surface area contributed by atoms with Crippen molar-refractivity contribution in [3.8, 4) is 6.07 Å². The highest BCUT2D eigenvalue weighted by Crippen LogP contribution is 2.37. The number of hydrogen-bond donors (Lipinski definition) is 2. The Bertz CT molecular complexity index is 909. The molecule has 0 radical (unpaired) electrons. The predicted molar refractivity (Wildman–Crippen MR) is 110 cm³/mol. The van der Waals surface area contributed by atoms with E-state index in [1.54, 1.807) is 11.3 Å². The van der Waals surface area contributed by atoms with Gasteiger partial charge in [0.15, 0.2) is 0 Å². The summed E-state index contributed by atoms with van der Waals surface area (Å²) >= 11 is 1.59. The lowest BCUT2D eigenvalue weighted by molar-refractivity contribution is -0.116. The third-order valence-electron chi connectivity index (χ3n) is 5.64. The van der Waals surface area contributed by atoms with Crippen molar-refractivity contribution in [1.82, 2.24) is 0 Å². The monoisotopic (exact) mass is 379 g/mol. The first-order chi connectivity index (χ1) is 13.2. The Morgan fingerprint density at radius 3 is 2.78 bits per heavy atom. The van der Waals surface area contributed by atoms with Crippen molar-refractivity contribution in [3.63, 3.8) is 0 Å². The number of thiophene rings is 1. The van der Waals surface area contributed by atoms with Gasteiger partial charge < -0.3 is 10.6 Å². The number of nitriles is 1. The lowest BCUT2D eigenvalue weighted by Crippen LogP contribution is -2.31. The number of fused-ring (bicyclic) bond motifs is 2. The number of carbonyl (C=O) groups excluding carboxylic acids is 1. The van der Waals surface area contributed by atoms with Crippen LogP contribution in [0.4, 0.5) is 10.7 Å². The Kier molecular flexibility index (Phi) is 5.18. The molecule has 0 saturated heterocycles. The molecule has 140 valence electrons. The van der Waals surface area contributed by atoms with Gasteiger partial charge in [0, 0.05) is 10.6 Å². The molecule has 2 N–H and O–H groups in total. The van der Waals surface area contributed by atoms with E-state index in [0.717, 1.165) is 48.4 Å². The van der Waals surface area contributed by atoms with Crippen molar-refractivity contribution in [3.05, 3.63) is 45.3 Å². The molecule has 1 aromatic carbocycles. The number of anilines is 2. The van der Waals surface area contributed by atoms with Crippen LogP contribution in [-0.2, 0) is 30.5 Å². The fourth-order valence-electron chi connectivity index (χ4n) is 4.15. The van der Waals surface area contributed by atoms with Crippen LogP contribution in [0.25, 0.3) is 0 Å². The minimum Gasteiger partial charge on any atom is -0.374 e. The topological polar surface area (TPSA) is 64.9 Å². The van der Waals surface area contributed by atoms with Gasteiger partial charge in [-0.25, -0.2) is 0 Å². The third kappa shape index (κ3) is 3.72. The summed E-state index contributed by atoms with van der Waals surface area (Å²) in [6.45, 7) is 1.87. The van der Waals surface area contributed by atoms with Gasteiger partial charge in [-0.1, -0.05) is 12.5 Å². The molecule has 4 rings (SSSR count). The molecule has 5 heteroatoms. The zero-order valence-corrected chi connectivity index (χ0v) is 16.5. The lowest BCUT2D eigenvalue weighted by Gasteiger charge is -2.16. The Hall–Kier alpha value is -2.32. The maximum atomic E-state index is 12.7. The number of aryl methyl sites for hydroxylation is 3. The van der Waals surface area contributed by atoms with Crippen LogP contribution >= 0.6 is 11.3 Å². The molecule has 27 heavy (non-hydrogen) atoms. The summed E-state index contributed by atoms with van der Waals surface area (Å²) in [5.41, 5.74) is 5.64. The molecule has 1 amide bonds. The van der Waals surface area contributed by atoms with E-state index in [1.807, 2.05) is 6.92 Å². The molecule has 1 heterocycles. The van der Waals surface area contributed by atoms with Gasteiger partial charge in [0.25, 0.3) is 0 Å². The SMILES string of the molecule is CC(Nc1ccc2c(c1)CCC2)C(=O)Nc1sc2c(c1C#N)CCCCC2. The number of carbonyl (C=O) groups is 1. The predicted octanol–water partition coefficient (Wildman–Crippen LogP) is 4.82. The van der Waals surface area contributed by atoms with Gasteiger partial charge in [0.05, 0.1) is 5.56 Å². The van der Waals surface area contributed by atoms with Crippen molar-refractivity contribution in [2.24, 2.45) is 0 Å². The first-order valence-corrected chi connectivity index (χ1v) is 10.7. The summed E-state index contributed by atoms with van der Waals surface area (Å²) in [6, 6.07) is 8.36. The average Bonchev–Trinajstić information content (AvgIpc) is 3.18. The molecular weight excluding hydrogens is 354 g/mol. The second-order valence-corrected chi connectivity index (χ2v) is 8.68. The molecule has 1 unspecified atom stereocenters. The zero-order valence-electron chi connectivity index (χ0n) is 15.7. The summed E-state index contributed by atoms with van der Waals surface area (Å²) in [5, 5.41) is 16.7. The van der Waals surface area contributed by atoms with E-state index in [2.05, 4.69) is 34.9 Å². The molecule has 4 nitrogen and oxygen atoms in total. The minimum absolute atomic E-state index is 0.0941. The van der Waals surface area contributed by atoms with Gasteiger partial charge in [-0.3, -0.25) is 4.79 Å². The van der Waals surface area contributed by atoms with Gasteiger partial charge in [0.2, 0.25) is 5.91 Å². The van der Waals surface area contributed by atoms with E-state index in [-0.39, 0.29) is 11.9 Å². The second kappa shape index (κ2) is 7.74. The number of nitrogens with one attached hydrogen (secondary N) is 2. The first-order valence-electron chi connectivity index (χ1n) is 9.89. The largest absolute Gasteiger partial charge is 0.374 e. The van der Waals surface area contributed by atoms with E-state index >= 15 is 0 Å². The van der Waals surface area contributed by atoms with Gasteiger partial charge in [-0.05, 0) is 80.7 Å². The Morgan fingerprint density at radius 2 is 1.93 bits per heavy atom. The van der Waals surface area contributed by atoms with Crippen molar-refractivity contribution in [2.75, 3.05) is 10.6 Å². The lowest BCUT2D eigenvalue weighted by atomic mass is 10.1. The average molecular weight is 380 g/mol. The molecule has 0 fully saturated rings. The van der Waals surface area contributed by atoms with Crippen LogP contribution in [0.5, 0.6) is 0 Å². The Morgan fingerprint density at radius 1 is 1.11 bits per heavy atom. The van der Waals surface area contributed by atoms with E-state index < -0.39 is 0 Å².